The van der Waals surface area contributed by atoms with Crippen molar-refractivity contribution in [2.75, 3.05) is 11.1 Å². The van der Waals surface area contributed by atoms with E-state index >= 15 is 0 Å². The number of amides is 1. The van der Waals surface area contributed by atoms with Crippen molar-refractivity contribution in [3.63, 3.8) is 0 Å². The lowest BCUT2D eigenvalue weighted by molar-refractivity contribution is -0.113. The van der Waals surface area contributed by atoms with Crippen molar-refractivity contribution in [1.29, 1.82) is 0 Å². The van der Waals surface area contributed by atoms with Gasteiger partial charge in [0.15, 0.2) is 11.0 Å². The molecule has 4 rings (SSSR count). The minimum Gasteiger partial charge on any atom is -0.324 e. The number of aromatic nitrogens is 3. The van der Waals surface area contributed by atoms with Crippen LogP contribution in [0, 0.1) is 0 Å². The largest absolute Gasteiger partial charge is 0.324 e. The third-order valence-electron chi connectivity index (χ3n) is 4.29. The number of carbonyl (C=O) groups excluding carboxylic acids is 1. The molecule has 1 N–H and O–H groups in total. The summed E-state index contributed by atoms with van der Waals surface area (Å²) in [6.45, 7) is 4.38. The van der Waals surface area contributed by atoms with E-state index in [0.717, 1.165) is 16.8 Å². The smallest absolute Gasteiger partial charge is 0.234 e. The first-order valence-corrected chi connectivity index (χ1v) is 11.6. The average Bonchev–Trinajstić information content (AvgIpc) is 3.33. The molecule has 30 heavy (non-hydrogen) atoms. The Kier molecular flexibility index (Phi) is 6.43. The molecule has 2 heterocycles. The van der Waals surface area contributed by atoms with E-state index in [1.165, 1.54) is 16.5 Å². The normalized spacial score (nSPS) is 11.0. The first-order chi connectivity index (χ1) is 14.6. The van der Waals surface area contributed by atoms with Gasteiger partial charge in [-0.3, -0.25) is 9.36 Å². The van der Waals surface area contributed by atoms with Crippen LogP contribution < -0.4 is 5.32 Å². The van der Waals surface area contributed by atoms with Gasteiger partial charge in [-0.1, -0.05) is 59.2 Å². The van der Waals surface area contributed by atoms with Gasteiger partial charge in [0.2, 0.25) is 5.91 Å². The number of benzene rings is 2. The van der Waals surface area contributed by atoms with E-state index in [9.17, 15) is 4.79 Å². The molecular formula is C21H16Cl2N4OS2. The number of thioether (sulfide) groups is 1. The fourth-order valence-corrected chi connectivity index (χ4v) is 4.97. The van der Waals surface area contributed by atoms with Crippen LogP contribution in [0.2, 0.25) is 10.0 Å². The SMILES string of the molecule is C=CCn1c(SCC(=O)Nc2cc(Cl)ccc2Cl)nnc1-c1csc2ccccc12. The maximum absolute atomic E-state index is 12.4. The second-order valence-corrected chi connectivity index (χ2v) is 9.01. The lowest BCUT2D eigenvalue weighted by Gasteiger charge is -2.09. The Hall–Kier alpha value is -2.32. The predicted octanol–water partition coefficient (Wildman–Crippen LogP) is 6.38. The number of allylic oxidation sites excluding steroid dienone is 1. The van der Waals surface area contributed by atoms with E-state index in [-0.39, 0.29) is 11.7 Å². The van der Waals surface area contributed by atoms with Crippen molar-refractivity contribution in [1.82, 2.24) is 14.8 Å². The molecule has 9 heteroatoms. The number of anilines is 1. The molecule has 0 saturated carbocycles. The third-order valence-corrected chi connectivity index (χ3v) is 6.78. The van der Waals surface area contributed by atoms with Gasteiger partial charge in [0.05, 0.1) is 16.5 Å². The first kappa shape index (κ1) is 20.9. The Morgan fingerprint density at radius 2 is 2.07 bits per heavy atom. The molecule has 0 aliphatic rings. The Bertz CT molecular complexity index is 1230. The number of nitrogens with zero attached hydrogens (tertiary/aromatic N) is 3. The van der Waals surface area contributed by atoms with Crippen molar-refractivity contribution in [2.45, 2.75) is 11.7 Å². The Morgan fingerprint density at radius 1 is 1.23 bits per heavy atom. The molecule has 1 amide bonds. The monoisotopic (exact) mass is 474 g/mol. The zero-order valence-corrected chi connectivity index (χ0v) is 18.8. The minimum absolute atomic E-state index is 0.155. The number of thiophene rings is 1. The van der Waals surface area contributed by atoms with Gasteiger partial charge in [-0.25, -0.2) is 0 Å². The topological polar surface area (TPSA) is 59.8 Å². The van der Waals surface area contributed by atoms with Gasteiger partial charge in [0.25, 0.3) is 0 Å². The second-order valence-electron chi connectivity index (χ2n) is 6.31. The molecule has 0 bridgehead atoms. The van der Waals surface area contributed by atoms with Crippen LogP contribution in [-0.2, 0) is 11.3 Å². The van der Waals surface area contributed by atoms with Crippen molar-refractivity contribution < 1.29 is 4.79 Å². The zero-order valence-electron chi connectivity index (χ0n) is 15.6. The van der Waals surface area contributed by atoms with Gasteiger partial charge in [-0.05, 0) is 24.3 Å². The third kappa shape index (κ3) is 4.39. The van der Waals surface area contributed by atoms with E-state index < -0.39 is 0 Å². The fourth-order valence-electron chi connectivity index (χ4n) is 2.95. The van der Waals surface area contributed by atoms with Gasteiger partial charge in [0.1, 0.15) is 0 Å². The summed E-state index contributed by atoms with van der Waals surface area (Å²) in [5.74, 6) is 0.704. The number of nitrogens with one attached hydrogen (secondary N) is 1. The molecule has 5 nitrogen and oxygen atoms in total. The molecule has 0 aliphatic heterocycles. The summed E-state index contributed by atoms with van der Waals surface area (Å²) in [7, 11) is 0. The summed E-state index contributed by atoms with van der Waals surface area (Å²) in [5.41, 5.74) is 1.50. The summed E-state index contributed by atoms with van der Waals surface area (Å²) in [5, 5.41) is 16.3. The van der Waals surface area contributed by atoms with Crippen molar-refractivity contribution >= 4 is 68.0 Å². The molecule has 0 radical (unpaired) electrons. The highest BCUT2D eigenvalue weighted by Crippen LogP contribution is 2.34. The molecule has 0 atom stereocenters. The standard InChI is InChI=1S/C21H16Cl2N4OS2/c1-2-9-27-20(15-11-29-18-6-4-3-5-14(15)18)25-26-21(27)30-12-19(28)24-17-10-13(22)7-8-16(17)23/h2-8,10-11H,1,9,12H2,(H,24,28). The summed E-state index contributed by atoms with van der Waals surface area (Å²) >= 11 is 15.1. The lowest BCUT2D eigenvalue weighted by atomic mass is 10.1. The number of hydrogen-bond donors (Lipinski definition) is 1. The van der Waals surface area contributed by atoms with Gasteiger partial charge in [-0.15, -0.1) is 28.1 Å². The Balaban J connectivity index is 1.54. The van der Waals surface area contributed by atoms with Gasteiger partial charge >= 0.3 is 0 Å². The number of carbonyl (C=O) groups is 1. The highest BCUT2D eigenvalue weighted by atomic mass is 35.5. The molecule has 152 valence electrons. The molecule has 0 fully saturated rings. The predicted molar refractivity (Wildman–Crippen MR) is 127 cm³/mol. The van der Waals surface area contributed by atoms with Crippen molar-refractivity contribution in [3.05, 3.63) is 70.5 Å². The van der Waals surface area contributed by atoms with Crippen LogP contribution in [0.3, 0.4) is 0 Å². The molecule has 0 aliphatic carbocycles. The molecule has 2 aromatic carbocycles. The molecule has 0 saturated heterocycles. The number of hydrogen-bond acceptors (Lipinski definition) is 5. The van der Waals surface area contributed by atoms with E-state index in [1.807, 2.05) is 16.7 Å². The zero-order chi connectivity index (χ0) is 21.1. The second kappa shape index (κ2) is 9.22. The maximum atomic E-state index is 12.4. The number of rotatable bonds is 7. The molecular weight excluding hydrogens is 459 g/mol. The number of fused-ring (bicyclic) bond motifs is 1. The Labute approximate surface area is 191 Å². The van der Waals surface area contributed by atoms with E-state index in [0.29, 0.717) is 27.4 Å². The van der Waals surface area contributed by atoms with E-state index in [1.54, 1.807) is 35.6 Å². The van der Waals surface area contributed by atoms with Crippen LogP contribution >= 0.6 is 46.3 Å². The van der Waals surface area contributed by atoms with Gasteiger partial charge < -0.3 is 5.32 Å². The van der Waals surface area contributed by atoms with Crippen LogP contribution in [0.5, 0.6) is 0 Å². The molecule has 0 spiro atoms. The van der Waals surface area contributed by atoms with E-state index in [2.05, 4.69) is 39.6 Å². The Morgan fingerprint density at radius 3 is 2.90 bits per heavy atom. The minimum atomic E-state index is -0.208. The lowest BCUT2D eigenvalue weighted by Crippen LogP contribution is -2.15. The van der Waals surface area contributed by atoms with E-state index in [4.69, 9.17) is 23.2 Å². The van der Waals surface area contributed by atoms with Crippen LogP contribution in [0.15, 0.2) is 65.7 Å². The highest BCUT2D eigenvalue weighted by molar-refractivity contribution is 7.99. The average molecular weight is 475 g/mol. The quantitative estimate of drug-likeness (QED) is 0.249. The first-order valence-electron chi connectivity index (χ1n) is 8.95. The highest BCUT2D eigenvalue weighted by Gasteiger charge is 2.18. The van der Waals surface area contributed by atoms with Crippen LogP contribution in [0.1, 0.15) is 0 Å². The van der Waals surface area contributed by atoms with Crippen molar-refractivity contribution in [2.24, 2.45) is 0 Å². The van der Waals surface area contributed by atoms with Crippen LogP contribution in [0.4, 0.5) is 5.69 Å². The van der Waals surface area contributed by atoms with Crippen LogP contribution in [-0.4, -0.2) is 26.4 Å². The summed E-state index contributed by atoms with van der Waals surface area (Å²) in [6.07, 6.45) is 1.79. The fraction of sp³-hybridized carbons (Fsp3) is 0.0952. The number of halogens is 2. The molecule has 0 unspecified atom stereocenters. The molecule has 4 aromatic rings. The van der Waals surface area contributed by atoms with Crippen LogP contribution in [0.25, 0.3) is 21.5 Å². The maximum Gasteiger partial charge on any atom is 0.234 e. The summed E-state index contributed by atoms with van der Waals surface area (Å²) in [6, 6.07) is 13.1. The van der Waals surface area contributed by atoms with Gasteiger partial charge in [0, 0.05) is 32.6 Å². The summed E-state index contributed by atoms with van der Waals surface area (Å²) in [4.78, 5) is 12.4. The van der Waals surface area contributed by atoms with Crippen molar-refractivity contribution in [3.8, 4) is 11.4 Å². The summed E-state index contributed by atoms with van der Waals surface area (Å²) < 4.78 is 3.15. The molecule has 2 aromatic heterocycles. The van der Waals surface area contributed by atoms with Gasteiger partial charge in [-0.2, -0.15) is 0 Å².